The van der Waals surface area contributed by atoms with E-state index in [0.29, 0.717) is 5.92 Å². The number of likely N-dealkylation sites (N-methyl/N-ethyl adjacent to an activating group) is 1. The molecule has 1 aliphatic carbocycles. The molecule has 0 saturated carbocycles. The second-order valence-corrected chi connectivity index (χ2v) is 5.70. The van der Waals surface area contributed by atoms with Gasteiger partial charge in [-0.1, -0.05) is 12.2 Å². The number of H-pyrrole nitrogens is 1. The summed E-state index contributed by atoms with van der Waals surface area (Å²) in [5.74, 6) is 0.502. The number of hydrogen-bond donors (Lipinski definition) is 1. The van der Waals surface area contributed by atoms with Gasteiger partial charge in [0.25, 0.3) is 0 Å². The monoisotopic (exact) mass is 307 g/mol. The van der Waals surface area contributed by atoms with Gasteiger partial charge >= 0.3 is 0 Å². The predicted octanol–water partition coefficient (Wildman–Crippen LogP) is 0.413. The van der Waals surface area contributed by atoms with Crippen molar-refractivity contribution in [1.29, 1.82) is 0 Å². The SMILES string of the molecule is CN(C)CCc1cc2c([nH]1)=CCC(Cn1cncn1)C=2.Cl. The normalized spacial score (nSPS) is 16.8. The summed E-state index contributed by atoms with van der Waals surface area (Å²) in [5.41, 5.74) is 1.32. The van der Waals surface area contributed by atoms with Crippen LogP contribution in [0.2, 0.25) is 0 Å². The molecule has 0 aliphatic heterocycles. The van der Waals surface area contributed by atoms with Gasteiger partial charge in [0, 0.05) is 36.5 Å². The first-order chi connectivity index (χ1) is 9.70. The molecule has 1 unspecified atom stereocenters. The van der Waals surface area contributed by atoms with E-state index in [0.717, 1.165) is 25.9 Å². The molecule has 6 heteroatoms. The van der Waals surface area contributed by atoms with Gasteiger partial charge in [-0.05, 0) is 31.8 Å². The summed E-state index contributed by atoms with van der Waals surface area (Å²) < 4.78 is 1.90. The van der Waals surface area contributed by atoms with Gasteiger partial charge in [0.05, 0.1) is 0 Å². The van der Waals surface area contributed by atoms with Crippen molar-refractivity contribution >= 4 is 24.6 Å². The van der Waals surface area contributed by atoms with E-state index in [1.807, 2.05) is 4.68 Å². The lowest BCUT2D eigenvalue weighted by Crippen LogP contribution is -2.28. The van der Waals surface area contributed by atoms with E-state index in [2.05, 4.69) is 52.3 Å². The Morgan fingerprint density at radius 1 is 1.43 bits per heavy atom. The average Bonchev–Trinajstić information content (AvgIpc) is 3.04. The van der Waals surface area contributed by atoms with Crippen molar-refractivity contribution in [3.05, 3.63) is 35.0 Å². The van der Waals surface area contributed by atoms with E-state index in [-0.39, 0.29) is 12.4 Å². The molecule has 0 radical (unpaired) electrons. The zero-order chi connectivity index (χ0) is 13.9. The number of fused-ring (bicyclic) bond motifs is 1. The molecule has 3 rings (SSSR count). The summed E-state index contributed by atoms with van der Waals surface area (Å²) in [6.45, 7) is 1.97. The third-order valence-electron chi connectivity index (χ3n) is 3.69. The Morgan fingerprint density at radius 3 is 3.00 bits per heavy atom. The molecular formula is C15H22ClN5. The highest BCUT2D eigenvalue weighted by Gasteiger charge is 2.10. The molecule has 0 aromatic carbocycles. The third-order valence-corrected chi connectivity index (χ3v) is 3.69. The van der Waals surface area contributed by atoms with Crippen LogP contribution in [0.3, 0.4) is 0 Å². The summed E-state index contributed by atoms with van der Waals surface area (Å²) in [7, 11) is 4.21. The van der Waals surface area contributed by atoms with Crippen molar-refractivity contribution < 1.29 is 0 Å². The van der Waals surface area contributed by atoms with Crippen molar-refractivity contribution in [1.82, 2.24) is 24.6 Å². The second kappa shape index (κ2) is 6.91. The summed E-state index contributed by atoms with van der Waals surface area (Å²) in [6, 6.07) is 2.28. The summed E-state index contributed by atoms with van der Waals surface area (Å²) in [4.78, 5) is 9.72. The molecule has 1 aliphatic rings. The fraction of sp³-hybridized carbons (Fsp3) is 0.467. The van der Waals surface area contributed by atoms with Crippen molar-refractivity contribution in [3.8, 4) is 0 Å². The van der Waals surface area contributed by atoms with Gasteiger partial charge in [0.2, 0.25) is 0 Å². The number of halogens is 1. The average molecular weight is 308 g/mol. The van der Waals surface area contributed by atoms with Gasteiger partial charge < -0.3 is 9.88 Å². The van der Waals surface area contributed by atoms with Gasteiger partial charge in [-0.3, -0.25) is 4.68 Å². The molecule has 0 fully saturated rings. The second-order valence-electron chi connectivity index (χ2n) is 5.70. The highest BCUT2D eigenvalue weighted by atomic mass is 35.5. The third kappa shape index (κ3) is 3.95. The molecule has 0 spiro atoms. The van der Waals surface area contributed by atoms with Gasteiger partial charge in [-0.25, -0.2) is 4.98 Å². The number of rotatable bonds is 5. The Balaban J connectivity index is 0.00000161. The molecule has 2 aromatic heterocycles. The Morgan fingerprint density at radius 2 is 2.29 bits per heavy atom. The minimum absolute atomic E-state index is 0. The van der Waals surface area contributed by atoms with E-state index in [4.69, 9.17) is 0 Å². The van der Waals surface area contributed by atoms with Gasteiger partial charge in [0.15, 0.2) is 0 Å². The standard InChI is InChI=1S/C15H21N5.ClH/c1-19(2)6-5-14-8-13-7-12(3-4-15(13)18-14)9-20-11-16-10-17-20;/h4,7-8,10-12,18H,3,5-6,9H2,1-2H3;1H. The first-order valence-electron chi connectivity index (χ1n) is 7.08. The van der Waals surface area contributed by atoms with Crippen molar-refractivity contribution in [2.75, 3.05) is 20.6 Å². The van der Waals surface area contributed by atoms with Crippen LogP contribution in [0.15, 0.2) is 18.7 Å². The number of hydrogen-bond acceptors (Lipinski definition) is 3. The highest BCUT2D eigenvalue weighted by molar-refractivity contribution is 5.85. The van der Waals surface area contributed by atoms with Crippen LogP contribution in [0.1, 0.15) is 12.1 Å². The largest absolute Gasteiger partial charge is 0.359 e. The molecule has 1 N–H and O–H groups in total. The molecule has 21 heavy (non-hydrogen) atoms. The fourth-order valence-electron chi connectivity index (χ4n) is 2.62. The lowest BCUT2D eigenvalue weighted by molar-refractivity contribution is 0.412. The van der Waals surface area contributed by atoms with Crippen LogP contribution in [0, 0.1) is 5.92 Å². The highest BCUT2D eigenvalue weighted by Crippen LogP contribution is 2.11. The van der Waals surface area contributed by atoms with E-state index >= 15 is 0 Å². The lowest BCUT2D eigenvalue weighted by atomic mass is 10.0. The minimum atomic E-state index is 0. The summed E-state index contributed by atoms with van der Waals surface area (Å²) in [5, 5.41) is 6.78. The molecule has 1 atom stereocenters. The number of aromatic amines is 1. The van der Waals surface area contributed by atoms with Crippen LogP contribution in [-0.4, -0.2) is 45.3 Å². The van der Waals surface area contributed by atoms with Gasteiger partial charge in [0.1, 0.15) is 12.7 Å². The van der Waals surface area contributed by atoms with Crippen molar-refractivity contribution in [3.63, 3.8) is 0 Å². The molecule has 2 aromatic rings. The van der Waals surface area contributed by atoms with Crippen LogP contribution in [0.4, 0.5) is 0 Å². The number of aromatic nitrogens is 4. The van der Waals surface area contributed by atoms with Crippen LogP contribution >= 0.6 is 12.4 Å². The predicted molar refractivity (Wildman–Crippen MR) is 86.6 cm³/mol. The van der Waals surface area contributed by atoms with E-state index in [1.165, 1.54) is 16.3 Å². The Bertz CT molecular complexity index is 671. The molecule has 5 nitrogen and oxygen atoms in total. The zero-order valence-corrected chi connectivity index (χ0v) is 13.3. The topological polar surface area (TPSA) is 49.7 Å². The summed E-state index contributed by atoms with van der Waals surface area (Å²) >= 11 is 0. The lowest BCUT2D eigenvalue weighted by Gasteiger charge is -2.11. The first-order valence-corrected chi connectivity index (χ1v) is 7.08. The zero-order valence-electron chi connectivity index (χ0n) is 12.5. The molecule has 2 heterocycles. The number of nitrogens with one attached hydrogen (secondary N) is 1. The summed E-state index contributed by atoms with van der Waals surface area (Å²) in [6.07, 6.45) is 10.1. The van der Waals surface area contributed by atoms with Gasteiger partial charge in [-0.2, -0.15) is 5.10 Å². The first kappa shape index (κ1) is 15.8. The molecule has 0 bridgehead atoms. The minimum Gasteiger partial charge on any atom is -0.359 e. The maximum atomic E-state index is 4.18. The van der Waals surface area contributed by atoms with Crippen molar-refractivity contribution in [2.24, 2.45) is 5.92 Å². The van der Waals surface area contributed by atoms with Crippen LogP contribution in [0.25, 0.3) is 12.2 Å². The van der Waals surface area contributed by atoms with Crippen LogP contribution < -0.4 is 10.6 Å². The molecule has 0 amide bonds. The van der Waals surface area contributed by atoms with E-state index in [9.17, 15) is 0 Å². The maximum absolute atomic E-state index is 4.18. The quantitative estimate of drug-likeness (QED) is 0.871. The Labute approximate surface area is 130 Å². The van der Waals surface area contributed by atoms with E-state index in [1.54, 1.807) is 12.7 Å². The van der Waals surface area contributed by atoms with Crippen LogP contribution in [0.5, 0.6) is 0 Å². The smallest absolute Gasteiger partial charge is 0.137 e. The number of nitrogens with zero attached hydrogens (tertiary/aromatic N) is 4. The maximum Gasteiger partial charge on any atom is 0.137 e. The molecular weight excluding hydrogens is 286 g/mol. The van der Waals surface area contributed by atoms with Crippen LogP contribution in [-0.2, 0) is 13.0 Å². The van der Waals surface area contributed by atoms with Gasteiger partial charge in [-0.15, -0.1) is 12.4 Å². The van der Waals surface area contributed by atoms with E-state index < -0.39 is 0 Å². The van der Waals surface area contributed by atoms with Crippen molar-refractivity contribution in [2.45, 2.75) is 19.4 Å². The Kier molecular flexibility index (Phi) is 5.20. The molecule has 114 valence electrons. The Hall–Kier alpha value is -1.59. The molecule has 0 saturated heterocycles. The fourth-order valence-corrected chi connectivity index (χ4v) is 2.62.